The summed E-state index contributed by atoms with van der Waals surface area (Å²) >= 11 is 2.82. The van der Waals surface area contributed by atoms with Crippen LogP contribution in [0.25, 0.3) is 0 Å². The van der Waals surface area contributed by atoms with Crippen molar-refractivity contribution in [2.24, 2.45) is 0 Å². The van der Waals surface area contributed by atoms with Gasteiger partial charge in [0.05, 0.1) is 0 Å². The van der Waals surface area contributed by atoms with E-state index in [1.807, 2.05) is 0 Å². The van der Waals surface area contributed by atoms with Gasteiger partial charge in [0.2, 0.25) is 0 Å². The van der Waals surface area contributed by atoms with Gasteiger partial charge in [-0.25, -0.2) is 0 Å². The summed E-state index contributed by atoms with van der Waals surface area (Å²) in [5.74, 6) is 0. The summed E-state index contributed by atoms with van der Waals surface area (Å²) < 4.78 is -1.52. The van der Waals surface area contributed by atoms with Gasteiger partial charge in [0.15, 0.2) is 0 Å². The topological polar surface area (TPSA) is 0 Å². The van der Waals surface area contributed by atoms with Gasteiger partial charge in [-0.3, -0.25) is 0 Å². The summed E-state index contributed by atoms with van der Waals surface area (Å²) in [7, 11) is 0. The molecular weight excluding hydrogens is 374 g/mol. The Morgan fingerprint density at radius 3 is 2.00 bits per heavy atom. The molecule has 1 aromatic rings. The fourth-order valence-corrected chi connectivity index (χ4v) is 7.68. The molecule has 0 aliphatic rings. The molecule has 0 saturated carbocycles. The summed E-state index contributed by atoms with van der Waals surface area (Å²) in [4.78, 5) is 0. The second-order valence-electron chi connectivity index (χ2n) is 7.00. The van der Waals surface area contributed by atoms with E-state index in [2.05, 4.69) is 72.6 Å². The van der Waals surface area contributed by atoms with Gasteiger partial charge in [-0.15, -0.1) is 0 Å². The number of halogens is 1. The predicted octanol–water partition coefficient (Wildman–Crippen LogP) is 7.10. The fourth-order valence-electron chi connectivity index (χ4n) is 2.78. The Labute approximate surface area is 139 Å². The molecule has 0 unspecified atom stereocenters. The zero-order valence-corrected chi connectivity index (χ0v) is 16.6. The summed E-state index contributed by atoms with van der Waals surface area (Å²) in [5, 5.41) is 0. The molecule has 0 spiro atoms. The Morgan fingerprint density at radius 1 is 0.850 bits per heavy atom. The molecule has 0 aliphatic heterocycles. The first-order valence-electron chi connectivity index (χ1n) is 8.17. The second-order valence-corrected chi connectivity index (χ2v) is 22.7. The Morgan fingerprint density at radius 2 is 1.40 bits per heavy atom. The first-order valence-corrected chi connectivity index (χ1v) is 14.5. The van der Waals surface area contributed by atoms with Gasteiger partial charge in [-0.05, 0) is 0 Å². The van der Waals surface area contributed by atoms with E-state index in [4.69, 9.17) is 0 Å². The third-order valence-corrected chi connectivity index (χ3v) is 9.47. The van der Waals surface area contributed by atoms with Gasteiger partial charge < -0.3 is 0 Å². The zero-order chi connectivity index (χ0) is 14.9. The van der Waals surface area contributed by atoms with Crippen molar-refractivity contribution >= 4 is 26.3 Å². The summed E-state index contributed by atoms with van der Waals surface area (Å²) in [6, 6.07) is 11.0. The van der Waals surface area contributed by atoms with Crippen LogP contribution in [0, 0.1) is 0 Å². The van der Waals surface area contributed by atoms with Crippen molar-refractivity contribution in [3.05, 3.63) is 35.9 Å². The summed E-state index contributed by atoms with van der Waals surface area (Å²) in [6.45, 7) is 7.39. The van der Waals surface area contributed by atoms with E-state index in [-0.39, 0.29) is 0 Å². The van der Waals surface area contributed by atoms with Gasteiger partial charge in [-0.1, -0.05) is 0 Å². The minimum absolute atomic E-state index is 1.29. The molecule has 0 aromatic heterocycles. The predicted molar refractivity (Wildman–Crippen MR) is 106 cm³/mol. The maximum atomic E-state index is 2.82. The van der Waals surface area contributed by atoms with Crippen molar-refractivity contribution in [2.45, 2.75) is 58.0 Å². The third kappa shape index (κ3) is 8.62. The molecule has 0 N–H and O–H groups in total. The molecule has 0 amide bonds. The van der Waals surface area contributed by atoms with Crippen LogP contribution in [0.5, 0.6) is 0 Å². The minimum atomic E-state index is -1.52. The van der Waals surface area contributed by atoms with Crippen LogP contribution in [0.4, 0.5) is 0 Å². The molecule has 116 valence electrons. The van der Waals surface area contributed by atoms with E-state index < -0.39 is 4.25 Å². The molecule has 0 aliphatic carbocycles. The normalized spacial score (nSPS) is 13.9. The molecule has 0 fully saturated rings. The first-order chi connectivity index (χ1) is 9.41. The van der Waals surface area contributed by atoms with Crippen molar-refractivity contribution in [3.8, 4) is 0 Å². The quantitative estimate of drug-likeness (QED) is 0.221. The van der Waals surface area contributed by atoms with E-state index in [1.165, 1.54) is 62.8 Å². The fraction of sp³-hybridized carbons (Fsp3) is 0.667. The van der Waals surface area contributed by atoms with Crippen LogP contribution >= 0.6 is 26.3 Å². The van der Waals surface area contributed by atoms with Gasteiger partial charge in [0, 0.05) is 0 Å². The Balaban J connectivity index is 2.28. The molecule has 2 heteroatoms. The van der Waals surface area contributed by atoms with Crippen LogP contribution in [0.3, 0.4) is 0 Å². The van der Waals surface area contributed by atoms with Crippen LogP contribution < -0.4 is 0 Å². The number of benzene rings is 1. The monoisotopic (exact) mass is 406 g/mol. The van der Waals surface area contributed by atoms with Crippen LogP contribution in [0.15, 0.2) is 30.3 Å². The third-order valence-electron chi connectivity index (χ3n) is 3.96. The molecular formula is C18H32IP. The second kappa shape index (κ2) is 8.73. The summed E-state index contributed by atoms with van der Waals surface area (Å²) in [5.41, 5.74) is 1.52. The van der Waals surface area contributed by atoms with E-state index >= 15 is 0 Å². The average Bonchev–Trinajstić information content (AvgIpc) is 2.37. The zero-order valence-electron chi connectivity index (χ0n) is 13.6. The number of rotatable bonds is 10. The van der Waals surface area contributed by atoms with E-state index in [0.717, 1.165) is 0 Å². The summed E-state index contributed by atoms with van der Waals surface area (Å²) in [6.07, 6.45) is 12.7. The molecule has 0 atom stereocenters. The van der Waals surface area contributed by atoms with Crippen molar-refractivity contribution in [1.29, 1.82) is 0 Å². The van der Waals surface area contributed by atoms with Crippen molar-refractivity contribution in [2.75, 3.05) is 19.5 Å². The number of hydrogen-bond acceptors (Lipinski definition) is 0. The van der Waals surface area contributed by atoms with Crippen LogP contribution in [-0.2, 0) is 6.16 Å². The van der Waals surface area contributed by atoms with Crippen molar-refractivity contribution < 1.29 is 0 Å². The molecule has 0 saturated heterocycles. The SMILES string of the molecule is CCCCCCCCCP(C)(C)(I)Cc1ccccc1. The van der Waals surface area contributed by atoms with Crippen LogP contribution in [0.2, 0.25) is 0 Å². The molecule has 20 heavy (non-hydrogen) atoms. The molecule has 1 aromatic carbocycles. The van der Waals surface area contributed by atoms with E-state index in [0.29, 0.717) is 0 Å². The molecule has 0 bridgehead atoms. The maximum absolute atomic E-state index is 2.82. The van der Waals surface area contributed by atoms with E-state index in [1.54, 1.807) is 0 Å². The molecule has 0 nitrogen and oxygen atoms in total. The molecule has 1 rings (SSSR count). The van der Waals surface area contributed by atoms with Gasteiger partial charge in [-0.2, -0.15) is 0 Å². The Kier molecular flexibility index (Phi) is 8.05. The van der Waals surface area contributed by atoms with Gasteiger partial charge >= 0.3 is 140 Å². The van der Waals surface area contributed by atoms with Crippen molar-refractivity contribution in [3.63, 3.8) is 0 Å². The van der Waals surface area contributed by atoms with Crippen LogP contribution in [-0.4, -0.2) is 19.5 Å². The first kappa shape index (κ1) is 18.4. The van der Waals surface area contributed by atoms with E-state index in [9.17, 15) is 0 Å². The van der Waals surface area contributed by atoms with Crippen LogP contribution in [0.1, 0.15) is 57.4 Å². The number of hydrogen-bond donors (Lipinski definition) is 0. The average molecular weight is 406 g/mol. The Bertz CT molecular complexity index is 364. The molecule has 0 radical (unpaired) electrons. The Hall–Kier alpha value is 0.380. The van der Waals surface area contributed by atoms with Gasteiger partial charge in [0.1, 0.15) is 0 Å². The molecule has 0 heterocycles. The standard InChI is InChI=1S/C18H32IP/c1-4-5-6-7-8-9-13-16-20(2,3,19)17-18-14-11-10-12-15-18/h10-12,14-15H,4-9,13,16-17H2,1-3H3. The number of unbranched alkanes of at least 4 members (excludes halogenated alkanes) is 6. The van der Waals surface area contributed by atoms with Crippen molar-refractivity contribution in [1.82, 2.24) is 0 Å². The van der Waals surface area contributed by atoms with Gasteiger partial charge in [0.25, 0.3) is 0 Å².